The standard InChI is InChI=1S/C10H11F4NO/c1-16-8-4-2-3-6(11)9(8)7(15)5-10(12,13)14/h2-4,7H,5,15H2,1H3/t7-/m1/s1. The molecule has 1 atom stereocenters. The lowest BCUT2D eigenvalue weighted by Crippen LogP contribution is -2.21. The Kier molecular flexibility index (Phi) is 3.74. The second-order valence-electron chi connectivity index (χ2n) is 3.28. The Hall–Kier alpha value is -1.30. The highest BCUT2D eigenvalue weighted by Gasteiger charge is 2.33. The van der Waals surface area contributed by atoms with E-state index in [-0.39, 0.29) is 11.3 Å². The average molecular weight is 237 g/mol. The van der Waals surface area contributed by atoms with Crippen molar-refractivity contribution in [3.63, 3.8) is 0 Å². The number of nitrogens with two attached hydrogens (primary N) is 1. The third kappa shape index (κ3) is 3.10. The van der Waals surface area contributed by atoms with E-state index in [0.717, 1.165) is 6.07 Å². The summed E-state index contributed by atoms with van der Waals surface area (Å²) < 4.78 is 54.5. The van der Waals surface area contributed by atoms with Gasteiger partial charge in [-0.05, 0) is 12.1 Å². The molecule has 0 heterocycles. The molecule has 0 unspecified atom stereocenters. The Morgan fingerprint density at radius 1 is 1.38 bits per heavy atom. The average Bonchev–Trinajstić information content (AvgIpc) is 2.14. The number of methoxy groups -OCH3 is 1. The van der Waals surface area contributed by atoms with Crippen LogP contribution in [0.2, 0.25) is 0 Å². The first-order chi connectivity index (χ1) is 7.35. The Morgan fingerprint density at radius 2 is 2.00 bits per heavy atom. The van der Waals surface area contributed by atoms with E-state index in [2.05, 4.69) is 0 Å². The van der Waals surface area contributed by atoms with Gasteiger partial charge in [-0.15, -0.1) is 0 Å². The molecule has 0 amide bonds. The van der Waals surface area contributed by atoms with E-state index in [1.165, 1.54) is 19.2 Å². The van der Waals surface area contributed by atoms with Crippen molar-refractivity contribution in [2.75, 3.05) is 7.11 Å². The fourth-order valence-corrected chi connectivity index (χ4v) is 1.41. The van der Waals surface area contributed by atoms with E-state index in [0.29, 0.717) is 0 Å². The second kappa shape index (κ2) is 4.69. The minimum absolute atomic E-state index is 0.0248. The minimum Gasteiger partial charge on any atom is -0.496 e. The summed E-state index contributed by atoms with van der Waals surface area (Å²) in [5.74, 6) is -0.771. The predicted molar refractivity (Wildman–Crippen MR) is 50.6 cm³/mol. The Balaban J connectivity index is 3.02. The summed E-state index contributed by atoms with van der Waals surface area (Å²) in [4.78, 5) is 0. The lowest BCUT2D eigenvalue weighted by atomic mass is 10.0. The Labute approximate surface area is 90.0 Å². The summed E-state index contributed by atoms with van der Waals surface area (Å²) in [6, 6.07) is 2.30. The highest BCUT2D eigenvalue weighted by atomic mass is 19.4. The number of benzene rings is 1. The van der Waals surface area contributed by atoms with Crippen molar-refractivity contribution in [2.45, 2.75) is 18.6 Å². The van der Waals surface area contributed by atoms with E-state index in [1.807, 2.05) is 0 Å². The van der Waals surface area contributed by atoms with Crippen LogP contribution >= 0.6 is 0 Å². The van der Waals surface area contributed by atoms with Crippen LogP contribution in [-0.2, 0) is 0 Å². The Bertz CT molecular complexity index is 364. The van der Waals surface area contributed by atoms with Crippen molar-refractivity contribution in [3.8, 4) is 5.75 Å². The lowest BCUT2D eigenvalue weighted by Gasteiger charge is -2.17. The zero-order chi connectivity index (χ0) is 12.3. The lowest BCUT2D eigenvalue weighted by molar-refractivity contribution is -0.138. The molecule has 0 aliphatic carbocycles. The van der Waals surface area contributed by atoms with Crippen molar-refractivity contribution in [3.05, 3.63) is 29.6 Å². The quantitative estimate of drug-likeness (QED) is 0.820. The summed E-state index contributed by atoms with van der Waals surface area (Å²) >= 11 is 0. The summed E-state index contributed by atoms with van der Waals surface area (Å²) in [7, 11) is 1.25. The van der Waals surface area contributed by atoms with Crippen LogP contribution in [0.5, 0.6) is 5.75 Å². The first-order valence-corrected chi connectivity index (χ1v) is 4.50. The molecular weight excluding hydrogens is 226 g/mol. The van der Waals surface area contributed by atoms with Gasteiger partial charge in [0.05, 0.1) is 13.5 Å². The maximum Gasteiger partial charge on any atom is 0.390 e. The van der Waals surface area contributed by atoms with Crippen LogP contribution in [0.4, 0.5) is 17.6 Å². The molecule has 0 radical (unpaired) electrons. The summed E-state index contributed by atoms with van der Waals surface area (Å²) in [5.41, 5.74) is 5.07. The van der Waals surface area contributed by atoms with Crippen molar-refractivity contribution in [1.82, 2.24) is 0 Å². The molecule has 0 saturated carbocycles. The molecule has 0 saturated heterocycles. The van der Waals surface area contributed by atoms with Gasteiger partial charge in [0, 0.05) is 11.6 Å². The largest absolute Gasteiger partial charge is 0.496 e. The number of halogens is 4. The molecule has 1 aromatic carbocycles. The maximum atomic E-state index is 13.3. The number of hydrogen-bond donors (Lipinski definition) is 1. The number of ether oxygens (including phenoxy) is 1. The molecule has 6 heteroatoms. The van der Waals surface area contributed by atoms with Gasteiger partial charge in [0.15, 0.2) is 0 Å². The van der Waals surface area contributed by atoms with Crippen LogP contribution in [0.15, 0.2) is 18.2 Å². The minimum atomic E-state index is -4.44. The maximum absolute atomic E-state index is 13.3. The fourth-order valence-electron chi connectivity index (χ4n) is 1.41. The van der Waals surface area contributed by atoms with Crippen LogP contribution in [-0.4, -0.2) is 13.3 Å². The molecular formula is C10H11F4NO. The third-order valence-corrected chi connectivity index (χ3v) is 2.05. The third-order valence-electron chi connectivity index (χ3n) is 2.05. The van der Waals surface area contributed by atoms with Gasteiger partial charge in [0.25, 0.3) is 0 Å². The molecule has 1 aromatic rings. The first kappa shape index (κ1) is 12.8. The summed E-state index contributed by atoms with van der Waals surface area (Å²) in [6.07, 6.45) is -5.73. The van der Waals surface area contributed by atoms with E-state index >= 15 is 0 Å². The molecule has 0 aliphatic heterocycles. The normalized spacial score (nSPS) is 13.6. The smallest absolute Gasteiger partial charge is 0.390 e. The van der Waals surface area contributed by atoms with Crippen LogP contribution < -0.4 is 10.5 Å². The summed E-state index contributed by atoms with van der Waals surface area (Å²) in [6.45, 7) is 0. The molecule has 16 heavy (non-hydrogen) atoms. The predicted octanol–water partition coefficient (Wildman–Crippen LogP) is 2.79. The van der Waals surface area contributed by atoms with Crippen molar-refractivity contribution in [2.24, 2.45) is 5.73 Å². The van der Waals surface area contributed by atoms with Crippen LogP contribution in [0, 0.1) is 5.82 Å². The van der Waals surface area contributed by atoms with Gasteiger partial charge in [0.1, 0.15) is 11.6 Å². The number of alkyl halides is 3. The molecule has 0 aromatic heterocycles. The number of hydrogen-bond acceptors (Lipinski definition) is 2. The van der Waals surface area contributed by atoms with Gasteiger partial charge in [-0.3, -0.25) is 0 Å². The highest BCUT2D eigenvalue weighted by molar-refractivity contribution is 5.37. The van der Waals surface area contributed by atoms with Gasteiger partial charge in [0.2, 0.25) is 0 Å². The van der Waals surface area contributed by atoms with Crippen molar-refractivity contribution in [1.29, 1.82) is 0 Å². The molecule has 2 N–H and O–H groups in total. The number of rotatable bonds is 3. The van der Waals surface area contributed by atoms with Crippen molar-refractivity contribution >= 4 is 0 Å². The monoisotopic (exact) mass is 237 g/mol. The van der Waals surface area contributed by atoms with Gasteiger partial charge in [-0.25, -0.2) is 4.39 Å². The second-order valence-corrected chi connectivity index (χ2v) is 3.28. The van der Waals surface area contributed by atoms with E-state index in [9.17, 15) is 17.6 Å². The summed E-state index contributed by atoms with van der Waals surface area (Å²) in [5, 5.41) is 0. The molecule has 0 bridgehead atoms. The highest BCUT2D eigenvalue weighted by Crippen LogP contribution is 2.33. The zero-order valence-electron chi connectivity index (χ0n) is 8.51. The Morgan fingerprint density at radius 3 is 2.50 bits per heavy atom. The molecule has 0 fully saturated rings. The first-order valence-electron chi connectivity index (χ1n) is 4.50. The van der Waals surface area contributed by atoms with Crippen LogP contribution in [0.3, 0.4) is 0 Å². The molecule has 90 valence electrons. The van der Waals surface area contributed by atoms with E-state index < -0.39 is 24.5 Å². The van der Waals surface area contributed by atoms with Gasteiger partial charge >= 0.3 is 6.18 Å². The molecule has 0 aliphatic rings. The van der Waals surface area contributed by atoms with E-state index in [1.54, 1.807) is 0 Å². The topological polar surface area (TPSA) is 35.2 Å². The van der Waals surface area contributed by atoms with Crippen LogP contribution in [0.1, 0.15) is 18.0 Å². The van der Waals surface area contributed by atoms with Gasteiger partial charge in [-0.1, -0.05) is 6.07 Å². The zero-order valence-corrected chi connectivity index (χ0v) is 8.51. The van der Waals surface area contributed by atoms with Gasteiger partial charge < -0.3 is 10.5 Å². The fraction of sp³-hybridized carbons (Fsp3) is 0.400. The molecule has 1 rings (SSSR count). The molecule has 0 spiro atoms. The van der Waals surface area contributed by atoms with Crippen LogP contribution in [0.25, 0.3) is 0 Å². The van der Waals surface area contributed by atoms with Crippen molar-refractivity contribution < 1.29 is 22.3 Å². The van der Waals surface area contributed by atoms with E-state index in [4.69, 9.17) is 10.5 Å². The SMILES string of the molecule is COc1cccc(F)c1[C@H](N)CC(F)(F)F. The molecule has 2 nitrogen and oxygen atoms in total. The van der Waals surface area contributed by atoms with Gasteiger partial charge in [-0.2, -0.15) is 13.2 Å².